The van der Waals surface area contributed by atoms with Crippen LogP contribution in [0, 0.1) is 11.6 Å². The van der Waals surface area contributed by atoms with Crippen molar-refractivity contribution >= 4 is 22.8 Å². The number of rotatable bonds is 1. The predicted molar refractivity (Wildman–Crippen MR) is 75.5 cm³/mol. The molecule has 2 heterocycles. The van der Waals surface area contributed by atoms with Crippen molar-refractivity contribution in [3.8, 4) is 0 Å². The maximum atomic E-state index is 14.0. The number of nitrogens with zero attached hydrogens (tertiary/aromatic N) is 2. The quantitative estimate of drug-likeness (QED) is 0.578. The third kappa shape index (κ3) is 2.22. The van der Waals surface area contributed by atoms with Gasteiger partial charge < -0.3 is 4.57 Å². The zero-order valence-electron chi connectivity index (χ0n) is 10.7. The Kier molecular flexibility index (Phi) is 3.87. The van der Waals surface area contributed by atoms with Gasteiger partial charge in [-0.15, -0.1) is 11.8 Å². The molecule has 0 fully saturated rings. The van der Waals surface area contributed by atoms with Gasteiger partial charge in [0.2, 0.25) is 0 Å². The van der Waals surface area contributed by atoms with E-state index in [0.717, 1.165) is 16.9 Å². The van der Waals surface area contributed by atoms with E-state index < -0.39 is 17.0 Å². The molecular formula is C15H10F2N2PdS+2. The van der Waals surface area contributed by atoms with Crippen LogP contribution in [0.25, 0.3) is 11.0 Å². The van der Waals surface area contributed by atoms with Crippen LogP contribution >= 0.6 is 11.8 Å². The van der Waals surface area contributed by atoms with Crippen LogP contribution < -0.4 is 0 Å². The first kappa shape index (κ1) is 14.7. The van der Waals surface area contributed by atoms with E-state index >= 15 is 0 Å². The number of halogens is 2. The largest absolute Gasteiger partial charge is 2.00 e. The molecule has 1 aliphatic heterocycles. The first-order valence-electron chi connectivity index (χ1n) is 6.27. The van der Waals surface area contributed by atoms with Crippen molar-refractivity contribution in [2.45, 2.75) is 11.1 Å². The molecule has 0 saturated heterocycles. The minimum absolute atomic E-state index is 0. The van der Waals surface area contributed by atoms with E-state index in [1.165, 1.54) is 30.0 Å². The van der Waals surface area contributed by atoms with E-state index in [9.17, 15) is 8.78 Å². The van der Waals surface area contributed by atoms with Gasteiger partial charge in [0.15, 0.2) is 0 Å². The fourth-order valence-electron chi connectivity index (χ4n) is 2.64. The molecule has 0 spiro atoms. The molecule has 1 atom stereocenters. The van der Waals surface area contributed by atoms with Gasteiger partial charge in [-0.25, -0.2) is 13.8 Å². The van der Waals surface area contributed by atoms with E-state index in [4.69, 9.17) is 0 Å². The van der Waals surface area contributed by atoms with Gasteiger partial charge in [0.05, 0.1) is 22.3 Å². The number of imidazole rings is 1. The Bertz CT molecular complexity index is 798. The van der Waals surface area contributed by atoms with E-state index in [1.54, 1.807) is 0 Å². The van der Waals surface area contributed by atoms with E-state index in [1.807, 2.05) is 28.8 Å². The standard InChI is InChI=1S/C15H10F2N2S.Pd/c16-9-4-3-5-10(17)14(9)15-19-12-7-2-1-6-11(12)18-13(19)8-20-15;/h1-7,15H,8H2;/q;+2. The topological polar surface area (TPSA) is 17.8 Å². The average molecular weight is 395 g/mol. The summed E-state index contributed by atoms with van der Waals surface area (Å²) in [5.41, 5.74) is 1.89. The molecule has 3 aromatic rings. The normalized spacial score (nSPS) is 16.8. The van der Waals surface area contributed by atoms with Crippen LogP contribution in [-0.4, -0.2) is 9.55 Å². The van der Waals surface area contributed by atoms with Crippen molar-refractivity contribution in [3.63, 3.8) is 0 Å². The molecule has 21 heavy (non-hydrogen) atoms. The molecule has 1 unspecified atom stereocenters. The van der Waals surface area contributed by atoms with Gasteiger partial charge in [0.25, 0.3) is 0 Å². The Labute approximate surface area is 138 Å². The Balaban J connectivity index is 0.00000132. The summed E-state index contributed by atoms with van der Waals surface area (Å²) >= 11 is 1.49. The van der Waals surface area contributed by atoms with Crippen LogP contribution in [0.5, 0.6) is 0 Å². The number of aromatic nitrogens is 2. The van der Waals surface area contributed by atoms with Crippen LogP contribution in [0.3, 0.4) is 0 Å². The molecule has 108 valence electrons. The molecule has 2 nitrogen and oxygen atoms in total. The second-order valence-corrected chi connectivity index (χ2v) is 5.75. The molecule has 0 radical (unpaired) electrons. The second kappa shape index (κ2) is 5.53. The van der Waals surface area contributed by atoms with Crippen LogP contribution in [-0.2, 0) is 26.2 Å². The summed E-state index contributed by atoms with van der Waals surface area (Å²) < 4.78 is 30.0. The van der Waals surface area contributed by atoms with Gasteiger partial charge in [-0.1, -0.05) is 18.2 Å². The fraction of sp³-hybridized carbons (Fsp3) is 0.133. The summed E-state index contributed by atoms with van der Waals surface area (Å²) in [5, 5.41) is -0.390. The fourth-order valence-corrected chi connectivity index (χ4v) is 3.93. The molecule has 4 rings (SSSR count). The van der Waals surface area contributed by atoms with Crippen molar-refractivity contribution in [2.75, 3.05) is 0 Å². The van der Waals surface area contributed by atoms with Crippen molar-refractivity contribution in [3.05, 3.63) is 65.5 Å². The van der Waals surface area contributed by atoms with Crippen LogP contribution in [0.4, 0.5) is 8.78 Å². The first-order valence-corrected chi connectivity index (χ1v) is 7.32. The Morgan fingerprint density at radius 2 is 1.76 bits per heavy atom. The summed E-state index contributed by atoms with van der Waals surface area (Å²) in [6.45, 7) is 0. The van der Waals surface area contributed by atoms with Gasteiger partial charge in [0.1, 0.15) is 22.8 Å². The molecule has 0 N–H and O–H groups in total. The number of fused-ring (bicyclic) bond motifs is 3. The third-order valence-corrected chi connectivity index (χ3v) is 4.71. The summed E-state index contributed by atoms with van der Waals surface area (Å²) in [7, 11) is 0. The van der Waals surface area contributed by atoms with E-state index in [2.05, 4.69) is 4.98 Å². The molecule has 0 saturated carbocycles. The minimum atomic E-state index is -0.506. The average Bonchev–Trinajstić information content (AvgIpc) is 2.98. The number of para-hydroxylation sites is 2. The monoisotopic (exact) mass is 394 g/mol. The molecule has 0 aliphatic carbocycles. The van der Waals surface area contributed by atoms with Gasteiger partial charge in [-0.05, 0) is 24.3 Å². The van der Waals surface area contributed by atoms with Crippen LogP contribution in [0.1, 0.15) is 16.8 Å². The molecule has 1 aliphatic rings. The summed E-state index contributed by atoms with van der Waals surface area (Å²) in [6.07, 6.45) is 0. The van der Waals surface area contributed by atoms with Crippen molar-refractivity contribution in [1.82, 2.24) is 9.55 Å². The smallest absolute Gasteiger partial charge is 0.310 e. The van der Waals surface area contributed by atoms with Gasteiger partial charge in [0, 0.05) is 0 Å². The molecule has 0 bridgehead atoms. The Morgan fingerprint density at radius 3 is 2.52 bits per heavy atom. The maximum Gasteiger partial charge on any atom is 2.00 e. The summed E-state index contributed by atoms with van der Waals surface area (Å²) in [5.74, 6) is 0.512. The van der Waals surface area contributed by atoms with E-state index in [-0.39, 0.29) is 26.0 Å². The van der Waals surface area contributed by atoms with E-state index in [0.29, 0.717) is 5.75 Å². The SMILES string of the molecule is Fc1cccc(F)c1C1SCc2nc3ccccc3n21.[Pd+2]. The summed E-state index contributed by atoms with van der Waals surface area (Å²) in [4.78, 5) is 4.53. The molecule has 1 aromatic heterocycles. The van der Waals surface area contributed by atoms with Crippen molar-refractivity contribution in [1.29, 1.82) is 0 Å². The molecule has 2 aromatic carbocycles. The summed E-state index contributed by atoms with van der Waals surface area (Å²) in [6, 6.07) is 11.7. The van der Waals surface area contributed by atoms with Crippen LogP contribution in [0.15, 0.2) is 42.5 Å². The number of hydrogen-bond donors (Lipinski definition) is 0. The van der Waals surface area contributed by atoms with Crippen LogP contribution in [0.2, 0.25) is 0 Å². The van der Waals surface area contributed by atoms with Gasteiger partial charge in [-0.2, -0.15) is 0 Å². The molecular weight excluding hydrogens is 385 g/mol. The molecule has 0 amide bonds. The van der Waals surface area contributed by atoms with Crippen molar-refractivity contribution in [2.24, 2.45) is 0 Å². The first-order chi connectivity index (χ1) is 9.75. The zero-order valence-corrected chi connectivity index (χ0v) is 13.1. The van der Waals surface area contributed by atoms with Gasteiger partial charge >= 0.3 is 20.4 Å². The number of benzene rings is 2. The Hall–Kier alpha value is -1.22. The third-order valence-electron chi connectivity index (χ3n) is 3.52. The molecule has 6 heteroatoms. The van der Waals surface area contributed by atoms with Crippen molar-refractivity contribution < 1.29 is 29.2 Å². The maximum absolute atomic E-state index is 14.0. The predicted octanol–water partition coefficient (Wildman–Crippen LogP) is 4.11. The zero-order chi connectivity index (χ0) is 13.7. The van der Waals surface area contributed by atoms with Gasteiger partial charge in [-0.3, -0.25) is 0 Å². The minimum Gasteiger partial charge on any atom is -0.310 e. The second-order valence-electron chi connectivity index (χ2n) is 4.69. The Morgan fingerprint density at radius 1 is 1.05 bits per heavy atom. The number of hydrogen-bond acceptors (Lipinski definition) is 2. The number of thioether (sulfide) groups is 1.